The molecule has 1 aromatic carbocycles. The zero-order chi connectivity index (χ0) is 20.6. The smallest absolute Gasteiger partial charge is 0.191 e. The predicted octanol–water partition coefficient (Wildman–Crippen LogP) is 2.89. The topological polar surface area (TPSA) is 70.4 Å². The first-order valence-corrected chi connectivity index (χ1v) is 10.8. The summed E-state index contributed by atoms with van der Waals surface area (Å²) in [5, 5.41) is 11.4. The molecular formula is C22H35N7. The molecule has 158 valence electrons. The van der Waals surface area contributed by atoms with E-state index in [1.807, 2.05) is 11.6 Å². The summed E-state index contributed by atoms with van der Waals surface area (Å²) in [7, 11) is 2.18. The van der Waals surface area contributed by atoms with Crippen LogP contribution >= 0.6 is 0 Å². The molecule has 2 aromatic rings. The van der Waals surface area contributed by atoms with Gasteiger partial charge in [0.15, 0.2) is 5.96 Å². The molecule has 0 bridgehead atoms. The van der Waals surface area contributed by atoms with Gasteiger partial charge in [0, 0.05) is 32.2 Å². The zero-order valence-electron chi connectivity index (χ0n) is 18.2. The maximum atomic E-state index is 4.83. The van der Waals surface area contributed by atoms with E-state index >= 15 is 0 Å². The van der Waals surface area contributed by atoms with Crippen LogP contribution in [0.25, 0.3) is 0 Å². The van der Waals surface area contributed by atoms with Crippen LogP contribution in [0.1, 0.15) is 56.4 Å². The molecule has 0 fully saturated rings. The Kier molecular flexibility index (Phi) is 7.63. The summed E-state index contributed by atoms with van der Waals surface area (Å²) in [6.07, 6.45) is 3.17. The van der Waals surface area contributed by atoms with Crippen LogP contribution in [0.15, 0.2) is 35.3 Å². The number of nitrogens with one attached hydrogen (secondary N) is 2. The fourth-order valence-electron chi connectivity index (χ4n) is 3.70. The van der Waals surface area contributed by atoms with Crippen LogP contribution in [0, 0.1) is 6.92 Å². The molecule has 1 aliphatic heterocycles. The molecule has 7 nitrogen and oxygen atoms in total. The number of aliphatic imine (C=N–C) groups is 1. The van der Waals surface area contributed by atoms with E-state index in [0.29, 0.717) is 6.04 Å². The van der Waals surface area contributed by atoms with Crippen molar-refractivity contribution < 1.29 is 0 Å². The normalized spacial score (nSPS) is 17.8. The number of nitrogens with zero attached hydrogens (tertiary/aromatic N) is 5. The minimum absolute atomic E-state index is 0.168. The average molecular weight is 398 g/mol. The van der Waals surface area contributed by atoms with Gasteiger partial charge in [0.05, 0.1) is 6.04 Å². The van der Waals surface area contributed by atoms with E-state index in [0.717, 1.165) is 63.0 Å². The van der Waals surface area contributed by atoms with Crippen LogP contribution in [-0.2, 0) is 13.1 Å². The van der Waals surface area contributed by atoms with Crippen molar-refractivity contribution in [3.05, 3.63) is 47.5 Å². The molecule has 0 aliphatic carbocycles. The highest BCUT2D eigenvalue weighted by Crippen LogP contribution is 2.22. The van der Waals surface area contributed by atoms with Crippen molar-refractivity contribution in [3.63, 3.8) is 0 Å². The summed E-state index contributed by atoms with van der Waals surface area (Å²) >= 11 is 0. The SMILES string of the molecule is CCNC(=NCCC(C)N(C)Cc1ccccc1)NC1CCCn2nc(C)nc21. The van der Waals surface area contributed by atoms with Gasteiger partial charge in [0.1, 0.15) is 11.6 Å². The first kappa shape index (κ1) is 21.3. The summed E-state index contributed by atoms with van der Waals surface area (Å²) < 4.78 is 2.03. The molecule has 7 heteroatoms. The maximum Gasteiger partial charge on any atom is 0.191 e. The van der Waals surface area contributed by atoms with Crippen molar-refractivity contribution >= 4 is 5.96 Å². The Balaban J connectivity index is 1.54. The Labute approximate surface area is 174 Å². The first-order valence-electron chi connectivity index (χ1n) is 10.8. The second kappa shape index (κ2) is 10.4. The molecule has 2 unspecified atom stereocenters. The monoisotopic (exact) mass is 397 g/mol. The van der Waals surface area contributed by atoms with E-state index in [1.165, 1.54) is 5.56 Å². The van der Waals surface area contributed by atoms with Gasteiger partial charge in [-0.15, -0.1) is 0 Å². The van der Waals surface area contributed by atoms with E-state index in [-0.39, 0.29) is 6.04 Å². The van der Waals surface area contributed by atoms with Gasteiger partial charge >= 0.3 is 0 Å². The molecule has 29 heavy (non-hydrogen) atoms. The van der Waals surface area contributed by atoms with E-state index in [4.69, 9.17) is 4.99 Å². The molecule has 1 aromatic heterocycles. The van der Waals surface area contributed by atoms with Crippen molar-refractivity contribution in [1.29, 1.82) is 0 Å². The second-order valence-corrected chi connectivity index (χ2v) is 7.88. The van der Waals surface area contributed by atoms with Crippen LogP contribution in [0.2, 0.25) is 0 Å². The molecule has 3 rings (SSSR count). The van der Waals surface area contributed by atoms with Crippen molar-refractivity contribution in [2.45, 2.75) is 65.2 Å². The van der Waals surface area contributed by atoms with E-state index in [1.54, 1.807) is 0 Å². The summed E-state index contributed by atoms with van der Waals surface area (Å²) in [6.45, 7) is 9.86. The van der Waals surface area contributed by atoms with Gasteiger partial charge in [-0.25, -0.2) is 9.67 Å². The number of aromatic nitrogens is 3. The van der Waals surface area contributed by atoms with Crippen LogP contribution in [-0.4, -0.2) is 51.8 Å². The highest BCUT2D eigenvalue weighted by Gasteiger charge is 2.24. The summed E-state index contributed by atoms with van der Waals surface area (Å²) in [5.41, 5.74) is 1.34. The Bertz CT molecular complexity index is 784. The van der Waals surface area contributed by atoms with Crippen molar-refractivity contribution in [2.75, 3.05) is 20.1 Å². The Morgan fingerprint density at radius 1 is 1.34 bits per heavy atom. The quantitative estimate of drug-likeness (QED) is 0.529. The highest BCUT2D eigenvalue weighted by atomic mass is 15.4. The molecular weight excluding hydrogens is 362 g/mol. The molecule has 0 saturated heterocycles. The van der Waals surface area contributed by atoms with Gasteiger partial charge in [0.2, 0.25) is 0 Å². The summed E-state index contributed by atoms with van der Waals surface area (Å²) in [5.74, 6) is 2.73. The summed E-state index contributed by atoms with van der Waals surface area (Å²) in [4.78, 5) is 11.8. The van der Waals surface area contributed by atoms with Gasteiger partial charge in [-0.3, -0.25) is 9.89 Å². The third kappa shape index (κ3) is 6.03. The van der Waals surface area contributed by atoms with Crippen molar-refractivity contribution in [3.8, 4) is 0 Å². The number of fused-ring (bicyclic) bond motifs is 1. The number of hydrogen-bond acceptors (Lipinski definition) is 4. The van der Waals surface area contributed by atoms with Crippen LogP contribution < -0.4 is 10.6 Å². The lowest BCUT2D eigenvalue weighted by molar-refractivity contribution is 0.240. The molecule has 0 spiro atoms. The minimum Gasteiger partial charge on any atom is -0.357 e. The maximum absolute atomic E-state index is 4.83. The van der Waals surface area contributed by atoms with E-state index < -0.39 is 0 Å². The number of benzene rings is 1. The lowest BCUT2D eigenvalue weighted by atomic mass is 10.1. The van der Waals surface area contributed by atoms with Gasteiger partial charge in [-0.05, 0) is 52.6 Å². The fourth-order valence-corrected chi connectivity index (χ4v) is 3.70. The van der Waals surface area contributed by atoms with Crippen LogP contribution in [0.4, 0.5) is 0 Å². The average Bonchev–Trinajstić information content (AvgIpc) is 3.10. The Morgan fingerprint density at radius 3 is 2.90 bits per heavy atom. The fraction of sp³-hybridized carbons (Fsp3) is 0.591. The Morgan fingerprint density at radius 2 is 2.14 bits per heavy atom. The molecule has 2 N–H and O–H groups in total. The number of aryl methyl sites for hydroxylation is 2. The van der Waals surface area contributed by atoms with Gasteiger partial charge < -0.3 is 10.6 Å². The Hall–Kier alpha value is -2.41. The highest BCUT2D eigenvalue weighted by molar-refractivity contribution is 5.80. The second-order valence-electron chi connectivity index (χ2n) is 7.88. The van der Waals surface area contributed by atoms with E-state index in [9.17, 15) is 0 Å². The van der Waals surface area contributed by atoms with Crippen molar-refractivity contribution in [1.82, 2.24) is 30.3 Å². The summed E-state index contributed by atoms with van der Waals surface area (Å²) in [6, 6.07) is 11.2. The molecule has 1 aliphatic rings. The zero-order valence-corrected chi connectivity index (χ0v) is 18.2. The number of guanidine groups is 1. The third-order valence-electron chi connectivity index (χ3n) is 5.48. The molecule has 0 amide bonds. The van der Waals surface area contributed by atoms with Gasteiger partial charge in [-0.1, -0.05) is 30.3 Å². The molecule has 0 radical (unpaired) electrons. The number of rotatable bonds is 8. The van der Waals surface area contributed by atoms with Crippen molar-refractivity contribution in [2.24, 2.45) is 4.99 Å². The van der Waals surface area contributed by atoms with E-state index in [2.05, 4.69) is 76.8 Å². The first-order chi connectivity index (χ1) is 14.1. The predicted molar refractivity (Wildman–Crippen MR) is 118 cm³/mol. The molecule has 2 atom stereocenters. The third-order valence-corrected chi connectivity index (χ3v) is 5.48. The largest absolute Gasteiger partial charge is 0.357 e. The van der Waals surface area contributed by atoms with Gasteiger partial charge in [0.25, 0.3) is 0 Å². The standard InChI is InChI=1S/C22H35N7/c1-5-23-22(26-20-12-9-15-29-21(20)25-18(3)27-29)24-14-13-17(2)28(4)16-19-10-7-6-8-11-19/h6-8,10-11,17,20H,5,9,12-16H2,1-4H3,(H2,23,24,26). The number of hydrogen-bond donors (Lipinski definition) is 2. The van der Waals surface area contributed by atoms with Crippen LogP contribution in [0.5, 0.6) is 0 Å². The van der Waals surface area contributed by atoms with Gasteiger partial charge in [-0.2, -0.15) is 5.10 Å². The van der Waals surface area contributed by atoms with Crippen LogP contribution in [0.3, 0.4) is 0 Å². The molecule has 0 saturated carbocycles. The molecule has 2 heterocycles. The lowest BCUT2D eigenvalue weighted by Crippen LogP contribution is -2.41. The lowest BCUT2D eigenvalue weighted by Gasteiger charge is -2.26. The minimum atomic E-state index is 0.168.